The molecule has 0 aliphatic rings. The van der Waals surface area contributed by atoms with Crippen molar-refractivity contribution in [2.45, 2.75) is 19.3 Å². The molecule has 2 aromatic rings. The first-order chi connectivity index (χ1) is 12.0. The molecular formula is C17H19N3O5. The SMILES string of the molecule is N=C(NO)c1ccc(NC(C(=O)O)c2cc(CO)cc(CO)c2)cc1. The van der Waals surface area contributed by atoms with E-state index in [1.54, 1.807) is 47.9 Å². The van der Waals surface area contributed by atoms with Crippen LogP contribution >= 0.6 is 0 Å². The Bertz CT molecular complexity index is 739. The summed E-state index contributed by atoms with van der Waals surface area (Å²) in [5.74, 6) is -1.29. The average molecular weight is 345 g/mol. The van der Waals surface area contributed by atoms with Gasteiger partial charge in [-0.25, -0.2) is 4.79 Å². The minimum Gasteiger partial charge on any atom is -0.479 e. The number of hydrogen-bond donors (Lipinski definition) is 7. The molecule has 0 spiro atoms. The molecular weight excluding hydrogens is 326 g/mol. The minimum atomic E-state index is -1.12. The standard InChI is InChI=1S/C17H19N3O5/c18-16(20-25)12-1-3-14(4-2-12)19-15(17(23)24)13-6-10(8-21)5-11(7-13)9-22/h1-7,15,19,21-22,25H,8-9H2,(H2,18,20)(H,23,24). The van der Waals surface area contributed by atoms with Crippen molar-refractivity contribution >= 4 is 17.5 Å². The van der Waals surface area contributed by atoms with E-state index in [1.807, 2.05) is 0 Å². The molecule has 1 atom stereocenters. The molecule has 0 amide bonds. The van der Waals surface area contributed by atoms with Gasteiger partial charge in [0.2, 0.25) is 0 Å². The first kappa shape index (κ1) is 18.4. The number of carboxylic acid groups (broad SMARTS) is 1. The highest BCUT2D eigenvalue weighted by molar-refractivity contribution is 5.95. The molecule has 1 unspecified atom stereocenters. The van der Waals surface area contributed by atoms with Crippen molar-refractivity contribution in [2.75, 3.05) is 5.32 Å². The van der Waals surface area contributed by atoms with Crippen molar-refractivity contribution in [3.63, 3.8) is 0 Å². The predicted octanol–water partition coefficient (Wildman–Crippen LogP) is 1.21. The van der Waals surface area contributed by atoms with Crippen LogP contribution in [-0.2, 0) is 18.0 Å². The molecule has 0 saturated carbocycles. The van der Waals surface area contributed by atoms with Gasteiger partial charge < -0.3 is 20.6 Å². The Labute approximate surface area is 143 Å². The number of rotatable bonds is 7. The molecule has 0 fully saturated rings. The Balaban J connectivity index is 2.30. The zero-order valence-corrected chi connectivity index (χ0v) is 13.2. The number of carbonyl (C=O) groups is 1. The van der Waals surface area contributed by atoms with E-state index < -0.39 is 12.0 Å². The first-order valence-electron chi connectivity index (χ1n) is 7.41. The summed E-state index contributed by atoms with van der Waals surface area (Å²) in [6.45, 7) is -0.531. The van der Waals surface area contributed by atoms with Gasteiger partial charge in [0.25, 0.3) is 0 Å². The average Bonchev–Trinajstić information content (AvgIpc) is 2.65. The fraction of sp³-hybridized carbons (Fsp3) is 0.176. The van der Waals surface area contributed by atoms with E-state index in [2.05, 4.69) is 5.32 Å². The third-order valence-corrected chi connectivity index (χ3v) is 3.62. The number of benzene rings is 2. The van der Waals surface area contributed by atoms with Crippen molar-refractivity contribution < 1.29 is 25.3 Å². The molecule has 0 aliphatic heterocycles. The fourth-order valence-corrected chi connectivity index (χ4v) is 2.39. The summed E-state index contributed by atoms with van der Waals surface area (Å²) in [6.07, 6.45) is 0. The third-order valence-electron chi connectivity index (χ3n) is 3.62. The molecule has 25 heavy (non-hydrogen) atoms. The number of carboxylic acids is 1. The number of nitrogens with one attached hydrogen (secondary N) is 3. The second-order valence-corrected chi connectivity index (χ2v) is 5.38. The van der Waals surface area contributed by atoms with Gasteiger partial charge in [-0.3, -0.25) is 16.1 Å². The highest BCUT2D eigenvalue weighted by atomic mass is 16.5. The molecule has 2 aromatic carbocycles. The largest absolute Gasteiger partial charge is 0.479 e. The van der Waals surface area contributed by atoms with Gasteiger partial charge in [-0.05, 0) is 41.0 Å². The second-order valence-electron chi connectivity index (χ2n) is 5.38. The van der Waals surface area contributed by atoms with Crippen LogP contribution in [-0.4, -0.2) is 32.3 Å². The van der Waals surface area contributed by atoms with E-state index >= 15 is 0 Å². The van der Waals surface area contributed by atoms with Crippen molar-refractivity contribution in [2.24, 2.45) is 0 Å². The van der Waals surface area contributed by atoms with Crippen LogP contribution in [0.4, 0.5) is 5.69 Å². The monoisotopic (exact) mass is 345 g/mol. The van der Waals surface area contributed by atoms with Gasteiger partial charge in [-0.15, -0.1) is 0 Å². The Morgan fingerprint density at radius 2 is 1.60 bits per heavy atom. The molecule has 0 radical (unpaired) electrons. The van der Waals surface area contributed by atoms with Gasteiger partial charge in [0.1, 0.15) is 5.84 Å². The van der Waals surface area contributed by atoms with Crippen molar-refractivity contribution in [3.8, 4) is 0 Å². The molecule has 0 aliphatic carbocycles. The van der Waals surface area contributed by atoms with Crippen molar-refractivity contribution in [1.82, 2.24) is 5.48 Å². The molecule has 0 aromatic heterocycles. The second kappa shape index (κ2) is 8.25. The Morgan fingerprint density at radius 1 is 1.04 bits per heavy atom. The zero-order valence-electron chi connectivity index (χ0n) is 13.2. The van der Waals surface area contributed by atoms with E-state index in [-0.39, 0.29) is 19.0 Å². The topological polar surface area (TPSA) is 146 Å². The number of hydroxylamine groups is 1. The van der Waals surface area contributed by atoms with E-state index in [0.29, 0.717) is 27.9 Å². The van der Waals surface area contributed by atoms with Crippen LogP contribution < -0.4 is 10.8 Å². The van der Waals surface area contributed by atoms with Gasteiger partial charge in [0.05, 0.1) is 13.2 Å². The zero-order chi connectivity index (χ0) is 18.4. The summed E-state index contributed by atoms with van der Waals surface area (Å²) in [5.41, 5.74) is 4.08. The Hall–Kier alpha value is -2.94. The molecule has 2 rings (SSSR count). The molecule has 132 valence electrons. The highest BCUT2D eigenvalue weighted by Crippen LogP contribution is 2.23. The third kappa shape index (κ3) is 4.54. The van der Waals surface area contributed by atoms with Gasteiger partial charge in [-0.1, -0.05) is 18.2 Å². The maximum absolute atomic E-state index is 11.7. The lowest BCUT2D eigenvalue weighted by Crippen LogP contribution is -2.21. The normalized spacial score (nSPS) is 11.6. The van der Waals surface area contributed by atoms with Crippen LogP contribution in [0.1, 0.15) is 28.3 Å². The Kier molecular flexibility index (Phi) is 6.07. The van der Waals surface area contributed by atoms with E-state index in [0.717, 1.165) is 0 Å². The summed E-state index contributed by atoms with van der Waals surface area (Å²) in [5, 5.41) is 47.2. The maximum atomic E-state index is 11.7. The van der Waals surface area contributed by atoms with Gasteiger partial charge in [-0.2, -0.15) is 0 Å². The number of aliphatic hydroxyl groups is 2. The molecule has 0 heterocycles. The van der Waals surface area contributed by atoms with E-state index in [4.69, 9.17) is 10.6 Å². The first-order valence-corrected chi connectivity index (χ1v) is 7.41. The summed E-state index contributed by atoms with van der Waals surface area (Å²) >= 11 is 0. The summed E-state index contributed by atoms with van der Waals surface area (Å²) in [6, 6.07) is 9.91. The number of hydrogen-bond acceptors (Lipinski definition) is 6. The highest BCUT2D eigenvalue weighted by Gasteiger charge is 2.21. The van der Waals surface area contributed by atoms with Crippen molar-refractivity contribution in [1.29, 1.82) is 5.41 Å². The lowest BCUT2D eigenvalue weighted by molar-refractivity contribution is -0.138. The van der Waals surface area contributed by atoms with Gasteiger partial charge in [0, 0.05) is 11.3 Å². The van der Waals surface area contributed by atoms with E-state index in [1.165, 1.54) is 0 Å². The van der Waals surface area contributed by atoms with Crippen LogP contribution in [0.5, 0.6) is 0 Å². The van der Waals surface area contributed by atoms with Gasteiger partial charge in [0.15, 0.2) is 6.04 Å². The predicted molar refractivity (Wildman–Crippen MR) is 90.5 cm³/mol. The molecule has 0 saturated heterocycles. The van der Waals surface area contributed by atoms with Crippen LogP contribution in [0.3, 0.4) is 0 Å². The Morgan fingerprint density at radius 3 is 2.04 bits per heavy atom. The number of aliphatic carboxylic acids is 1. The smallest absolute Gasteiger partial charge is 0.330 e. The summed E-state index contributed by atoms with van der Waals surface area (Å²) in [7, 11) is 0. The molecule has 8 heteroatoms. The van der Waals surface area contributed by atoms with Gasteiger partial charge >= 0.3 is 5.97 Å². The minimum absolute atomic E-state index is 0.176. The summed E-state index contributed by atoms with van der Waals surface area (Å²) in [4.78, 5) is 11.7. The fourth-order valence-electron chi connectivity index (χ4n) is 2.39. The van der Waals surface area contributed by atoms with Crippen LogP contribution in [0, 0.1) is 5.41 Å². The van der Waals surface area contributed by atoms with Crippen LogP contribution in [0.25, 0.3) is 0 Å². The summed E-state index contributed by atoms with van der Waals surface area (Å²) < 4.78 is 0. The van der Waals surface area contributed by atoms with Crippen LogP contribution in [0.15, 0.2) is 42.5 Å². The molecule has 7 N–H and O–H groups in total. The molecule has 8 nitrogen and oxygen atoms in total. The van der Waals surface area contributed by atoms with E-state index in [9.17, 15) is 20.1 Å². The molecule has 0 bridgehead atoms. The lowest BCUT2D eigenvalue weighted by Gasteiger charge is -2.18. The lowest BCUT2D eigenvalue weighted by atomic mass is 10.00. The quantitative estimate of drug-likeness (QED) is 0.227. The number of aliphatic hydroxyl groups excluding tert-OH is 2. The number of anilines is 1. The van der Waals surface area contributed by atoms with Crippen molar-refractivity contribution in [3.05, 3.63) is 64.7 Å². The van der Waals surface area contributed by atoms with Crippen LogP contribution in [0.2, 0.25) is 0 Å². The number of amidine groups is 1. The maximum Gasteiger partial charge on any atom is 0.330 e.